The largest absolute Gasteiger partial charge is 0.305 e. The van der Waals surface area contributed by atoms with Crippen molar-refractivity contribution in [2.75, 3.05) is 6.54 Å². The minimum Gasteiger partial charge on any atom is -0.305 e. The third-order valence-corrected chi connectivity index (χ3v) is 3.10. The van der Waals surface area contributed by atoms with Crippen LogP contribution >= 0.6 is 27.3 Å². The Morgan fingerprint density at radius 3 is 3.00 bits per heavy atom. The second-order valence-corrected chi connectivity index (χ2v) is 4.98. The maximum atomic E-state index is 3.80. The summed E-state index contributed by atoms with van der Waals surface area (Å²) in [7, 11) is 0. The molecule has 1 atom stereocenters. The fourth-order valence-corrected chi connectivity index (χ4v) is 2.22. The lowest BCUT2D eigenvalue weighted by Crippen LogP contribution is -2.20. The second kappa shape index (κ2) is 5.58. The lowest BCUT2D eigenvalue weighted by molar-refractivity contribution is 0.559. The van der Waals surface area contributed by atoms with Gasteiger partial charge in [0.1, 0.15) is 0 Å². The Labute approximate surface area is 92.0 Å². The fraction of sp³-hybridized carbons (Fsp3) is 0.400. The molecule has 13 heavy (non-hydrogen) atoms. The third kappa shape index (κ3) is 3.63. The molecular formula is C10H14BrNS. The molecule has 0 bridgehead atoms. The summed E-state index contributed by atoms with van der Waals surface area (Å²) in [6, 6.07) is 4.73. The molecule has 0 aliphatic heterocycles. The van der Waals surface area contributed by atoms with Gasteiger partial charge in [-0.15, -0.1) is 11.3 Å². The van der Waals surface area contributed by atoms with E-state index in [-0.39, 0.29) is 0 Å². The van der Waals surface area contributed by atoms with Gasteiger partial charge in [0, 0.05) is 21.9 Å². The average Bonchev–Trinajstić information content (AvgIpc) is 2.58. The molecule has 72 valence electrons. The van der Waals surface area contributed by atoms with Crippen molar-refractivity contribution in [1.29, 1.82) is 0 Å². The maximum absolute atomic E-state index is 3.80. The quantitative estimate of drug-likeness (QED) is 0.851. The first-order chi connectivity index (χ1) is 6.24. The van der Waals surface area contributed by atoms with Crippen LogP contribution < -0.4 is 5.32 Å². The summed E-state index contributed by atoms with van der Waals surface area (Å²) in [5.74, 6) is 0. The molecule has 0 amide bonds. The van der Waals surface area contributed by atoms with Crippen molar-refractivity contribution in [2.45, 2.75) is 19.4 Å². The molecule has 0 saturated heterocycles. The molecule has 0 radical (unpaired) electrons. The van der Waals surface area contributed by atoms with Crippen molar-refractivity contribution in [3.05, 3.63) is 33.5 Å². The highest BCUT2D eigenvalue weighted by Gasteiger charge is 2.08. The molecule has 3 heteroatoms. The van der Waals surface area contributed by atoms with E-state index in [1.54, 1.807) is 11.3 Å². The summed E-state index contributed by atoms with van der Waals surface area (Å²) in [5, 5.41) is 5.55. The van der Waals surface area contributed by atoms with Gasteiger partial charge in [-0.1, -0.05) is 35.5 Å². The van der Waals surface area contributed by atoms with Crippen LogP contribution in [0, 0.1) is 0 Å². The topological polar surface area (TPSA) is 12.0 Å². The Bertz CT molecular complexity index is 256. The number of halogens is 1. The highest BCUT2D eigenvalue weighted by molar-refractivity contribution is 9.11. The first kappa shape index (κ1) is 11.0. The molecule has 1 rings (SSSR count). The van der Waals surface area contributed by atoms with E-state index in [4.69, 9.17) is 0 Å². The van der Waals surface area contributed by atoms with Gasteiger partial charge in [-0.3, -0.25) is 0 Å². The molecule has 1 aromatic rings. The number of hydrogen-bond acceptors (Lipinski definition) is 2. The van der Waals surface area contributed by atoms with Crippen molar-refractivity contribution >= 4 is 27.3 Å². The standard InChI is InChI=1S/C10H14BrNS/c1-3-9(12-7-8(2)11)10-5-4-6-13-10/h4-6,9,12H,2-3,7H2,1H3. The molecule has 0 aromatic carbocycles. The minimum absolute atomic E-state index is 0.467. The van der Waals surface area contributed by atoms with E-state index in [1.165, 1.54) is 4.88 Å². The Kier molecular flexibility index (Phi) is 4.70. The molecule has 1 N–H and O–H groups in total. The monoisotopic (exact) mass is 259 g/mol. The first-order valence-corrected chi connectivity index (χ1v) is 6.01. The second-order valence-electron chi connectivity index (χ2n) is 2.87. The van der Waals surface area contributed by atoms with Crippen LogP contribution in [0.2, 0.25) is 0 Å². The Morgan fingerprint density at radius 2 is 2.54 bits per heavy atom. The molecule has 1 aromatic heterocycles. The summed E-state index contributed by atoms with van der Waals surface area (Å²) in [4.78, 5) is 1.40. The summed E-state index contributed by atoms with van der Waals surface area (Å²) < 4.78 is 1.00. The molecule has 0 aliphatic carbocycles. The predicted molar refractivity (Wildman–Crippen MR) is 63.4 cm³/mol. The zero-order chi connectivity index (χ0) is 9.68. The number of rotatable bonds is 5. The van der Waals surface area contributed by atoms with Gasteiger partial charge in [0.15, 0.2) is 0 Å². The third-order valence-electron chi connectivity index (χ3n) is 1.84. The van der Waals surface area contributed by atoms with Crippen LogP contribution in [0.15, 0.2) is 28.6 Å². The Balaban J connectivity index is 2.49. The lowest BCUT2D eigenvalue weighted by Gasteiger charge is -2.14. The van der Waals surface area contributed by atoms with Crippen molar-refractivity contribution in [3.8, 4) is 0 Å². The van der Waals surface area contributed by atoms with E-state index in [1.807, 2.05) is 0 Å². The Hall–Kier alpha value is -0.120. The summed E-state index contributed by atoms with van der Waals surface area (Å²) >= 11 is 5.14. The van der Waals surface area contributed by atoms with Gasteiger partial charge >= 0.3 is 0 Å². The van der Waals surface area contributed by atoms with E-state index in [0.29, 0.717) is 6.04 Å². The minimum atomic E-state index is 0.467. The van der Waals surface area contributed by atoms with Crippen molar-refractivity contribution in [2.24, 2.45) is 0 Å². The van der Waals surface area contributed by atoms with Gasteiger partial charge < -0.3 is 5.32 Å². The van der Waals surface area contributed by atoms with Crippen LogP contribution in [-0.2, 0) is 0 Å². The first-order valence-electron chi connectivity index (χ1n) is 4.34. The van der Waals surface area contributed by atoms with Gasteiger partial charge in [-0.25, -0.2) is 0 Å². The number of thiophene rings is 1. The molecule has 1 unspecified atom stereocenters. The molecule has 1 nitrogen and oxygen atoms in total. The summed E-state index contributed by atoms with van der Waals surface area (Å²) in [6.07, 6.45) is 1.11. The molecule has 0 saturated carbocycles. The molecular weight excluding hydrogens is 246 g/mol. The number of nitrogens with one attached hydrogen (secondary N) is 1. The smallest absolute Gasteiger partial charge is 0.0414 e. The van der Waals surface area contributed by atoms with Crippen LogP contribution in [0.25, 0.3) is 0 Å². The highest BCUT2D eigenvalue weighted by Crippen LogP contribution is 2.21. The van der Waals surface area contributed by atoms with Crippen LogP contribution in [0.3, 0.4) is 0 Å². The van der Waals surface area contributed by atoms with Gasteiger partial charge in [0.25, 0.3) is 0 Å². The van der Waals surface area contributed by atoms with Crippen LogP contribution in [0.5, 0.6) is 0 Å². The molecule has 0 spiro atoms. The SMILES string of the molecule is C=C(Br)CNC(CC)c1cccs1. The van der Waals surface area contributed by atoms with E-state index in [9.17, 15) is 0 Å². The molecule has 1 heterocycles. The van der Waals surface area contributed by atoms with Crippen LogP contribution in [0.1, 0.15) is 24.3 Å². The van der Waals surface area contributed by atoms with Gasteiger partial charge in [-0.05, 0) is 17.9 Å². The van der Waals surface area contributed by atoms with Crippen LogP contribution in [-0.4, -0.2) is 6.54 Å². The highest BCUT2D eigenvalue weighted by atomic mass is 79.9. The molecule has 0 aliphatic rings. The maximum Gasteiger partial charge on any atom is 0.0414 e. The normalized spacial score (nSPS) is 12.8. The van der Waals surface area contributed by atoms with Crippen molar-refractivity contribution < 1.29 is 0 Å². The Morgan fingerprint density at radius 1 is 1.77 bits per heavy atom. The average molecular weight is 260 g/mol. The van der Waals surface area contributed by atoms with E-state index >= 15 is 0 Å². The van der Waals surface area contributed by atoms with Crippen molar-refractivity contribution in [1.82, 2.24) is 5.32 Å². The van der Waals surface area contributed by atoms with Crippen molar-refractivity contribution in [3.63, 3.8) is 0 Å². The zero-order valence-electron chi connectivity index (χ0n) is 7.72. The summed E-state index contributed by atoms with van der Waals surface area (Å²) in [6.45, 7) is 6.82. The summed E-state index contributed by atoms with van der Waals surface area (Å²) in [5.41, 5.74) is 0. The van der Waals surface area contributed by atoms with Crippen LogP contribution in [0.4, 0.5) is 0 Å². The van der Waals surface area contributed by atoms with E-state index in [0.717, 1.165) is 17.4 Å². The van der Waals surface area contributed by atoms with Gasteiger partial charge in [0.2, 0.25) is 0 Å². The molecule has 0 fully saturated rings. The predicted octanol–water partition coefficient (Wildman–Crippen LogP) is 3.70. The number of hydrogen-bond donors (Lipinski definition) is 1. The van der Waals surface area contributed by atoms with Gasteiger partial charge in [-0.2, -0.15) is 0 Å². The lowest BCUT2D eigenvalue weighted by atomic mass is 10.2. The van der Waals surface area contributed by atoms with E-state index in [2.05, 4.69) is 52.3 Å². The fourth-order valence-electron chi connectivity index (χ4n) is 1.17. The van der Waals surface area contributed by atoms with Gasteiger partial charge in [0.05, 0.1) is 0 Å². The van der Waals surface area contributed by atoms with E-state index < -0.39 is 0 Å². The zero-order valence-corrected chi connectivity index (χ0v) is 10.1.